The predicted molar refractivity (Wildman–Crippen MR) is 73.4 cm³/mol. The Hall–Kier alpha value is 0.140. The molecule has 0 aromatic rings. The van der Waals surface area contributed by atoms with Crippen molar-refractivity contribution < 1.29 is 5.32 Å². The lowest BCUT2D eigenvalue weighted by atomic mass is 9.91. The van der Waals surface area contributed by atoms with E-state index < -0.39 is 0 Å². The van der Waals surface area contributed by atoms with Crippen molar-refractivity contribution in [3.63, 3.8) is 0 Å². The second-order valence-electron chi connectivity index (χ2n) is 5.37. The number of allylic oxidation sites excluding steroid dienone is 1. The summed E-state index contributed by atoms with van der Waals surface area (Å²) in [7, 11) is 0. The molecule has 0 bridgehead atoms. The summed E-state index contributed by atoms with van der Waals surface area (Å²) in [5, 5.41) is 2.61. The van der Waals surface area contributed by atoms with Gasteiger partial charge in [0.1, 0.15) is 5.70 Å². The molecule has 1 fully saturated rings. The Morgan fingerprint density at radius 1 is 1.00 bits per heavy atom. The van der Waals surface area contributed by atoms with Crippen LogP contribution in [-0.2, 0) is 0 Å². The normalized spacial score (nSPS) is 29.4. The predicted octanol–water partition coefficient (Wildman–Crippen LogP) is 3.11. The van der Waals surface area contributed by atoms with Crippen LogP contribution in [0.4, 0.5) is 0 Å². The molecule has 1 spiro atoms. The fraction of sp³-hybridized carbons (Fsp3) is 0.769. The lowest BCUT2D eigenvalue weighted by Crippen LogP contribution is -2.96. The van der Waals surface area contributed by atoms with Gasteiger partial charge in [-0.25, -0.2) is 0 Å². The van der Waals surface area contributed by atoms with Gasteiger partial charge in [-0.1, -0.05) is 18.6 Å². The van der Waals surface area contributed by atoms with Gasteiger partial charge < -0.3 is 5.32 Å². The Kier molecular flexibility index (Phi) is 3.11. The van der Waals surface area contributed by atoms with E-state index >= 15 is 0 Å². The first-order valence-corrected chi connectivity index (χ1v) is 7.83. The van der Waals surface area contributed by atoms with Crippen molar-refractivity contribution in [2.24, 2.45) is 0 Å². The molecule has 0 atom stereocenters. The summed E-state index contributed by atoms with van der Waals surface area (Å²) in [4.78, 5) is 0.408. The molecule has 3 aliphatic rings. The van der Waals surface area contributed by atoms with Gasteiger partial charge in [0.2, 0.25) is 0 Å². The molecule has 0 saturated heterocycles. The first-order chi connectivity index (χ1) is 7.79. The molecule has 1 saturated carbocycles. The van der Waals surface area contributed by atoms with Crippen LogP contribution in [0, 0.1) is 0 Å². The second-order valence-corrected chi connectivity index (χ2v) is 7.46. The minimum absolute atomic E-state index is 0.408. The highest BCUT2D eigenvalue weighted by Gasteiger charge is 2.43. The van der Waals surface area contributed by atoms with Crippen LogP contribution in [0.5, 0.6) is 0 Å². The van der Waals surface area contributed by atoms with Crippen LogP contribution in [0.15, 0.2) is 11.3 Å². The molecule has 2 N–H and O–H groups in total. The third-order valence-electron chi connectivity index (χ3n) is 4.19. The SMILES string of the molecule is S=C1SC2(CCCCC2)[NH2+]C2=C1CCCC2. The Bertz CT molecular complexity index is 340. The van der Waals surface area contributed by atoms with E-state index in [0.717, 1.165) is 0 Å². The van der Waals surface area contributed by atoms with Crippen molar-refractivity contribution in [3.05, 3.63) is 11.3 Å². The fourth-order valence-electron chi connectivity index (χ4n) is 3.31. The molecule has 1 aliphatic heterocycles. The Morgan fingerprint density at radius 3 is 2.56 bits per heavy atom. The van der Waals surface area contributed by atoms with Gasteiger partial charge in [0.05, 0.1) is 4.20 Å². The summed E-state index contributed by atoms with van der Waals surface area (Å²) in [5.41, 5.74) is 3.15. The largest absolute Gasteiger partial charge is 0.303 e. The van der Waals surface area contributed by atoms with Gasteiger partial charge in [0, 0.05) is 24.8 Å². The minimum Gasteiger partial charge on any atom is -0.303 e. The van der Waals surface area contributed by atoms with Gasteiger partial charge in [-0.05, 0) is 43.9 Å². The van der Waals surface area contributed by atoms with Crippen molar-refractivity contribution in [1.82, 2.24) is 0 Å². The maximum absolute atomic E-state index is 5.64. The number of thiocarbonyl (C=S) groups is 1. The van der Waals surface area contributed by atoms with Gasteiger partial charge in [-0.2, -0.15) is 0 Å². The average molecular weight is 254 g/mol. The van der Waals surface area contributed by atoms with Gasteiger partial charge in [-0.15, -0.1) is 0 Å². The summed E-state index contributed by atoms with van der Waals surface area (Å²) in [6.45, 7) is 0. The highest BCUT2D eigenvalue weighted by atomic mass is 32.2. The molecule has 3 rings (SSSR count). The zero-order chi connectivity index (χ0) is 11.0. The van der Waals surface area contributed by atoms with E-state index in [1.165, 1.54) is 67.6 Å². The van der Waals surface area contributed by atoms with Crippen molar-refractivity contribution in [2.75, 3.05) is 0 Å². The number of hydrogen-bond acceptors (Lipinski definition) is 2. The summed E-state index contributed by atoms with van der Waals surface area (Å²) >= 11 is 7.66. The molecule has 2 aliphatic carbocycles. The molecular formula is C13H20NS2+. The van der Waals surface area contributed by atoms with Crippen molar-refractivity contribution in [1.29, 1.82) is 0 Å². The maximum Gasteiger partial charge on any atom is 0.152 e. The molecule has 0 amide bonds. The molecule has 0 radical (unpaired) electrons. The highest BCUT2D eigenvalue weighted by Crippen LogP contribution is 2.41. The van der Waals surface area contributed by atoms with E-state index in [9.17, 15) is 0 Å². The van der Waals surface area contributed by atoms with Crippen LogP contribution >= 0.6 is 24.0 Å². The van der Waals surface area contributed by atoms with Gasteiger partial charge >= 0.3 is 0 Å². The van der Waals surface area contributed by atoms with Gasteiger partial charge in [0.15, 0.2) is 4.87 Å². The zero-order valence-corrected chi connectivity index (χ0v) is 11.4. The fourth-order valence-corrected chi connectivity index (χ4v) is 5.46. The van der Waals surface area contributed by atoms with E-state index in [-0.39, 0.29) is 0 Å². The Balaban J connectivity index is 1.87. The zero-order valence-electron chi connectivity index (χ0n) is 9.76. The summed E-state index contributed by atoms with van der Waals surface area (Å²) < 4.78 is 1.24. The number of rotatable bonds is 0. The second kappa shape index (κ2) is 4.43. The Labute approximate surface area is 107 Å². The van der Waals surface area contributed by atoms with Gasteiger partial charge in [0.25, 0.3) is 0 Å². The lowest BCUT2D eigenvalue weighted by Gasteiger charge is -2.39. The molecule has 0 aromatic carbocycles. The lowest BCUT2D eigenvalue weighted by molar-refractivity contribution is -0.664. The van der Waals surface area contributed by atoms with Crippen LogP contribution in [0.2, 0.25) is 0 Å². The van der Waals surface area contributed by atoms with Crippen LogP contribution in [-0.4, -0.2) is 9.07 Å². The average Bonchev–Trinajstić information content (AvgIpc) is 2.30. The molecule has 0 unspecified atom stereocenters. The number of hydrogen-bond donors (Lipinski definition) is 1. The van der Waals surface area contributed by atoms with Crippen LogP contribution in [0.25, 0.3) is 0 Å². The highest BCUT2D eigenvalue weighted by molar-refractivity contribution is 8.24. The monoisotopic (exact) mass is 254 g/mol. The molecule has 1 heterocycles. The van der Waals surface area contributed by atoms with Crippen molar-refractivity contribution in [3.8, 4) is 0 Å². The smallest absolute Gasteiger partial charge is 0.152 e. The van der Waals surface area contributed by atoms with Crippen LogP contribution < -0.4 is 5.32 Å². The molecular weight excluding hydrogens is 234 g/mol. The van der Waals surface area contributed by atoms with Crippen LogP contribution in [0.3, 0.4) is 0 Å². The number of nitrogens with two attached hydrogens (primary N) is 1. The topological polar surface area (TPSA) is 16.6 Å². The molecule has 0 aromatic heterocycles. The van der Waals surface area contributed by atoms with E-state index in [2.05, 4.69) is 5.32 Å². The number of thioether (sulfide) groups is 1. The van der Waals surface area contributed by atoms with E-state index in [0.29, 0.717) is 4.87 Å². The maximum atomic E-state index is 5.64. The van der Waals surface area contributed by atoms with E-state index in [1.54, 1.807) is 5.70 Å². The molecule has 16 heavy (non-hydrogen) atoms. The minimum atomic E-state index is 0.408. The summed E-state index contributed by atoms with van der Waals surface area (Å²) in [6, 6.07) is 0. The first-order valence-electron chi connectivity index (χ1n) is 6.60. The Morgan fingerprint density at radius 2 is 1.75 bits per heavy atom. The number of quaternary nitrogens is 1. The first kappa shape index (κ1) is 11.2. The van der Waals surface area contributed by atoms with Crippen LogP contribution in [0.1, 0.15) is 57.8 Å². The van der Waals surface area contributed by atoms with Crippen molar-refractivity contribution >= 4 is 28.2 Å². The standard InChI is InChI=1S/C13H19NS2/c15-12-10-6-2-3-7-11(10)14-13(16-12)8-4-1-5-9-13/h14H,1-9H2/p+1. The van der Waals surface area contributed by atoms with E-state index in [1.807, 2.05) is 11.8 Å². The quantitative estimate of drug-likeness (QED) is 0.669. The van der Waals surface area contributed by atoms with E-state index in [4.69, 9.17) is 12.2 Å². The third kappa shape index (κ3) is 1.98. The summed E-state index contributed by atoms with van der Waals surface area (Å²) in [5.74, 6) is 0. The molecule has 3 heteroatoms. The molecule has 1 nitrogen and oxygen atoms in total. The molecule has 88 valence electrons. The summed E-state index contributed by atoms with van der Waals surface area (Å²) in [6.07, 6.45) is 12.2. The third-order valence-corrected chi connectivity index (χ3v) is 6.05. The van der Waals surface area contributed by atoms with Crippen molar-refractivity contribution in [2.45, 2.75) is 62.7 Å². The van der Waals surface area contributed by atoms with Gasteiger partial charge in [-0.3, -0.25) is 0 Å².